The summed E-state index contributed by atoms with van der Waals surface area (Å²) in [5.74, 6) is 2.38. The third kappa shape index (κ3) is 4.72. The molecule has 1 N–H and O–H groups in total. The van der Waals surface area contributed by atoms with E-state index in [1.54, 1.807) is 11.3 Å². The number of thioether (sulfide) groups is 1. The minimum atomic E-state index is 0. The van der Waals surface area contributed by atoms with Crippen molar-refractivity contribution >= 4 is 35.5 Å². The van der Waals surface area contributed by atoms with Crippen LogP contribution in [0, 0.1) is 0 Å². The topological polar surface area (TPSA) is 24.9 Å². The number of halogens is 1. The van der Waals surface area contributed by atoms with E-state index in [1.165, 1.54) is 36.4 Å². The molecular formula is C10H17ClN2S2. The smallest absolute Gasteiger partial charge is 0.0794 e. The van der Waals surface area contributed by atoms with Gasteiger partial charge in [-0.2, -0.15) is 11.8 Å². The largest absolute Gasteiger partial charge is 0.313 e. The second kappa shape index (κ2) is 7.49. The molecule has 0 aromatic carbocycles. The molecule has 1 atom stereocenters. The van der Waals surface area contributed by atoms with E-state index in [1.807, 2.05) is 23.5 Å². The summed E-state index contributed by atoms with van der Waals surface area (Å²) in [6, 6.07) is 0.752. The molecule has 1 aliphatic heterocycles. The van der Waals surface area contributed by atoms with Gasteiger partial charge in [-0.05, 0) is 19.4 Å². The zero-order valence-electron chi connectivity index (χ0n) is 8.65. The van der Waals surface area contributed by atoms with E-state index in [0.717, 1.165) is 11.8 Å². The van der Waals surface area contributed by atoms with Crippen LogP contribution in [0.15, 0.2) is 11.7 Å². The van der Waals surface area contributed by atoms with E-state index >= 15 is 0 Å². The van der Waals surface area contributed by atoms with Gasteiger partial charge < -0.3 is 5.32 Å². The summed E-state index contributed by atoms with van der Waals surface area (Å²) in [6.45, 7) is 1.21. The summed E-state index contributed by atoms with van der Waals surface area (Å²) in [7, 11) is 0. The number of nitrogens with one attached hydrogen (secondary N) is 1. The van der Waals surface area contributed by atoms with Crippen LogP contribution in [0.25, 0.3) is 0 Å². The van der Waals surface area contributed by atoms with Gasteiger partial charge in [0.05, 0.1) is 5.51 Å². The van der Waals surface area contributed by atoms with E-state index in [9.17, 15) is 0 Å². The lowest BCUT2D eigenvalue weighted by molar-refractivity contribution is 0.430. The molecule has 2 rings (SSSR count). The van der Waals surface area contributed by atoms with E-state index in [-0.39, 0.29) is 12.4 Å². The van der Waals surface area contributed by atoms with Gasteiger partial charge >= 0.3 is 0 Å². The third-order valence-electron chi connectivity index (χ3n) is 2.46. The zero-order valence-corrected chi connectivity index (χ0v) is 11.1. The highest BCUT2D eigenvalue weighted by Gasteiger charge is 2.11. The molecule has 86 valence electrons. The number of hydrogen-bond donors (Lipinski definition) is 1. The maximum absolute atomic E-state index is 4.08. The molecule has 5 heteroatoms. The van der Waals surface area contributed by atoms with Gasteiger partial charge in [-0.25, -0.2) is 0 Å². The van der Waals surface area contributed by atoms with Crippen LogP contribution < -0.4 is 5.32 Å². The number of piperidine rings is 1. The van der Waals surface area contributed by atoms with Gasteiger partial charge in [-0.15, -0.1) is 23.7 Å². The van der Waals surface area contributed by atoms with Gasteiger partial charge in [0.25, 0.3) is 0 Å². The zero-order chi connectivity index (χ0) is 9.64. The fourth-order valence-corrected chi connectivity index (χ4v) is 3.55. The van der Waals surface area contributed by atoms with Crippen LogP contribution in [-0.2, 0) is 5.75 Å². The third-order valence-corrected chi connectivity index (χ3v) is 4.57. The Morgan fingerprint density at radius 3 is 3.13 bits per heavy atom. The fourth-order valence-electron chi connectivity index (χ4n) is 1.68. The molecule has 1 aliphatic rings. The van der Waals surface area contributed by atoms with Crippen molar-refractivity contribution in [2.24, 2.45) is 0 Å². The molecule has 0 spiro atoms. The highest BCUT2D eigenvalue weighted by Crippen LogP contribution is 2.18. The summed E-state index contributed by atoms with van der Waals surface area (Å²) >= 11 is 3.78. The number of aromatic nitrogens is 1. The molecule has 0 bridgehead atoms. The molecular weight excluding hydrogens is 248 g/mol. The van der Waals surface area contributed by atoms with Crippen LogP contribution in [-0.4, -0.2) is 23.3 Å². The van der Waals surface area contributed by atoms with Crippen molar-refractivity contribution in [1.82, 2.24) is 10.3 Å². The maximum atomic E-state index is 4.08. The summed E-state index contributed by atoms with van der Waals surface area (Å²) in [6.07, 6.45) is 6.09. The van der Waals surface area contributed by atoms with Crippen molar-refractivity contribution in [3.8, 4) is 0 Å². The van der Waals surface area contributed by atoms with Crippen molar-refractivity contribution in [2.45, 2.75) is 31.1 Å². The number of nitrogens with zero attached hydrogens (tertiary/aromatic N) is 1. The van der Waals surface area contributed by atoms with Crippen molar-refractivity contribution < 1.29 is 0 Å². The fraction of sp³-hybridized carbons (Fsp3) is 0.700. The lowest BCUT2D eigenvalue weighted by Gasteiger charge is -2.22. The van der Waals surface area contributed by atoms with E-state index in [2.05, 4.69) is 10.3 Å². The first-order valence-electron chi connectivity index (χ1n) is 5.13. The normalized spacial score (nSPS) is 20.9. The van der Waals surface area contributed by atoms with Crippen molar-refractivity contribution in [2.75, 3.05) is 12.3 Å². The quantitative estimate of drug-likeness (QED) is 0.905. The molecule has 1 unspecified atom stereocenters. The molecule has 2 heterocycles. The molecule has 15 heavy (non-hydrogen) atoms. The van der Waals surface area contributed by atoms with Crippen LogP contribution in [0.4, 0.5) is 0 Å². The SMILES string of the molecule is Cl.c1ncc(CSCC2CCCCN2)s1. The Morgan fingerprint density at radius 2 is 2.47 bits per heavy atom. The Bertz CT molecular complexity index is 248. The van der Waals surface area contributed by atoms with E-state index in [4.69, 9.17) is 0 Å². The van der Waals surface area contributed by atoms with Crippen LogP contribution in [0.2, 0.25) is 0 Å². The van der Waals surface area contributed by atoms with Gasteiger partial charge in [0, 0.05) is 28.6 Å². The van der Waals surface area contributed by atoms with Gasteiger partial charge in [0.1, 0.15) is 0 Å². The highest BCUT2D eigenvalue weighted by atomic mass is 35.5. The van der Waals surface area contributed by atoms with Gasteiger partial charge in [0.15, 0.2) is 0 Å². The van der Waals surface area contributed by atoms with Gasteiger partial charge in [-0.1, -0.05) is 6.42 Å². The Kier molecular flexibility index (Phi) is 6.64. The molecule has 0 radical (unpaired) electrons. The lowest BCUT2D eigenvalue weighted by Crippen LogP contribution is -2.35. The first-order valence-corrected chi connectivity index (χ1v) is 7.17. The summed E-state index contributed by atoms with van der Waals surface area (Å²) < 4.78 is 0. The first kappa shape index (κ1) is 13.3. The molecule has 1 aromatic rings. The minimum absolute atomic E-state index is 0. The Balaban J connectivity index is 0.00000112. The molecule has 1 fully saturated rings. The average Bonchev–Trinajstić information content (AvgIpc) is 2.72. The molecule has 0 amide bonds. The summed E-state index contributed by atoms with van der Waals surface area (Å²) in [5, 5.41) is 3.57. The highest BCUT2D eigenvalue weighted by molar-refractivity contribution is 7.98. The Morgan fingerprint density at radius 1 is 1.53 bits per heavy atom. The monoisotopic (exact) mass is 264 g/mol. The molecule has 0 aliphatic carbocycles. The molecule has 1 saturated heterocycles. The second-order valence-electron chi connectivity index (χ2n) is 3.63. The predicted molar refractivity (Wildman–Crippen MR) is 71.2 cm³/mol. The van der Waals surface area contributed by atoms with Crippen molar-refractivity contribution in [1.29, 1.82) is 0 Å². The molecule has 1 aromatic heterocycles. The number of hydrogen-bond acceptors (Lipinski definition) is 4. The summed E-state index contributed by atoms with van der Waals surface area (Å²) in [4.78, 5) is 5.47. The minimum Gasteiger partial charge on any atom is -0.313 e. The van der Waals surface area contributed by atoms with E-state index in [0.29, 0.717) is 0 Å². The van der Waals surface area contributed by atoms with Gasteiger partial charge in [0.2, 0.25) is 0 Å². The van der Waals surface area contributed by atoms with Gasteiger partial charge in [-0.3, -0.25) is 4.98 Å². The number of thiazole rings is 1. The second-order valence-corrected chi connectivity index (χ2v) is 5.63. The Labute approximate surface area is 106 Å². The maximum Gasteiger partial charge on any atom is 0.0794 e. The number of rotatable bonds is 4. The van der Waals surface area contributed by atoms with Crippen LogP contribution >= 0.6 is 35.5 Å². The average molecular weight is 265 g/mol. The lowest BCUT2D eigenvalue weighted by atomic mass is 10.1. The van der Waals surface area contributed by atoms with E-state index < -0.39 is 0 Å². The van der Waals surface area contributed by atoms with Crippen LogP contribution in [0.5, 0.6) is 0 Å². The van der Waals surface area contributed by atoms with Crippen LogP contribution in [0.1, 0.15) is 24.1 Å². The Hall–Kier alpha value is 0.230. The standard InChI is InChI=1S/C10H16N2S2.ClH/c1-2-4-12-9(3-1)6-13-7-10-5-11-8-14-10;/h5,8-9,12H,1-4,6-7H2;1H. The molecule has 2 nitrogen and oxygen atoms in total. The predicted octanol–water partition coefficient (Wildman–Crippen LogP) is 2.94. The van der Waals surface area contributed by atoms with Crippen molar-refractivity contribution in [3.63, 3.8) is 0 Å². The summed E-state index contributed by atoms with van der Waals surface area (Å²) in [5.41, 5.74) is 1.91. The van der Waals surface area contributed by atoms with Crippen LogP contribution in [0.3, 0.4) is 0 Å². The molecule has 0 saturated carbocycles. The first-order chi connectivity index (χ1) is 6.95. The van der Waals surface area contributed by atoms with Crippen molar-refractivity contribution in [3.05, 3.63) is 16.6 Å².